The molecular formula is C10H7F5N2. The Bertz CT molecular complexity index is 461. The Hall–Kier alpha value is -1.84. The average molecular weight is 250 g/mol. The second-order valence-electron chi connectivity index (χ2n) is 3.34. The van der Waals surface area contributed by atoms with Crippen LogP contribution < -0.4 is 4.90 Å². The van der Waals surface area contributed by atoms with Gasteiger partial charge in [0.25, 0.3) is 0 Å². The molecule has 0 aliphatic rings. The van der Waals surface area contributed by atoms with Crippen LogP contribution in [0.25, 0.3) is 0 Å². The molecule has 17 heavy (non-hydrogen) atoms. The fourth-order valence-electron chi connectivity index (χ4n) is 1.27. The van der Waals surface area contributed by atoms with Crippen molar-refractivity contribution in [3.8, 4) is 6.07 Å². The minimum absolute atomic E-state index is 0.527. The Morgan fingerprint density at radius 1 is 1.24 bits per heavy atom. The van der Waals surface area contributed by atoms with Crippen molar-refractivity contribution in [1.29, 1.82) is 5.26 Å². The van der Waals surface area contributed by atoms with E-state index in [1.807, 2.05) is 0 Å². The molecular weight excluding hydrogens is 243 g/mol. The molecule has 7 heteroatoms. The van der Waals surface area contributed by atoms with Crippen molar-refractivity contribution in [2.45, 2.75) is 6.18 Å². The summed E-state index contributed by atoms with van der Waals surface area (Å²) in [6.07, 6.45) is -4.52. The van der Waals surface area contributed by atoms with Gasteiger partial charge in [0.15, 0.2) is 11.6 Å². The maximum absolute atomic E-state index is 13.3. The molecule has 92 valence electrons. The van der Waals surface area contributed by atoms with Crippen molar-refractivity contribution in [3.63, 3.8) is 0 Å². The van der Waals surface area contributed by atoms with Crippen LogP contribution in [0.4, 0.5) is 27.6 Å². The van der Waals surface area contributed by atoms with Gasteiger partial charge in [-0.05, 0) is 12.1 Å². The smallest absolute Gasteiger partial charge is 0.363 e. The summed E-state index contributed by atoms with van der Waals surface area (Å²) < 4.78 is 62.7. The second kappa shape index (κ2) is 4.57. The van der Waals surface area contributed by atoms with E-state index in [2.05, 4.69) is 0 Å². The third kappa shape index (κ3) is 3.06. The summed E-state index contributed by atoms with van der Waals surface area (Å²) in [4.78, 5) is 0.527. The zero-order chi connectivity index (χ0) is 13.2. The van der Waals surface area contributed by atoms with Crippen molar-refractivity contribution >= 4 is 5.69 Å². The Balaban J connectivity index is 3.09. The zero-order valence-corrected chi connectivity index (χ0v) is 8.65. The molecule has 0 unspecified atom stereocenters. The number of nitriles is 1. The van der Waals surface area contributed by atoms with Gasteiger partial charge in [0.1, 0.15) is 12.6 Å². The van der Waals surface area contributed by atoms with Gasteiger partial charge in [-0.3, -0.25) is 0 Å². The predicted octanol–water partition coefficient (Wildman–Crippen LogP) is 2.83. The lowest BCUT2D eigenvalue weighted by molar-refractivity contribution is -0.119. The minimum atomic E-state index is -4.52. The molecule has 0 radical (unpaired) electrons. The molecule has 0 amide bonds. The van der Waals surface area contributed by atoms with Gasteiger partial charge in [0.05, 0.1) is 11.3 Å². The SMILES string of the molecule is CN(CC(F)(F)F)c1ccc(C#N)c(F)c1F. The monoisotopic (exact) mass is 250 g/mol. The highest BCUT2D eigenvalue weighted by Crippen LogP contribution is 2.26. The summed E-state index contributed by atoms with van der Waals surface area (Å²) in [6.45, 7) is -1.41. The van der Waals surface area contributed by atoms with Crippen molar-refractivity contribution in [2.24, 2.45) is 0 Å². The third-order valence-electron chi connectivity index (χ3n) is 2.01. The molecule has 1 aromatic rings. The van der Waals surface area contributed by atoms with E-state index in [1.54, 1.807) is 0 Å². The van der Waals surface area contributed by atoms with E-state index in [0.29, 0.717) is 4.90 Å². The van der Waals surface area contributed by atoms with E-state index in [-0.39, 0.29) is 0 Å². The maximum Gasteiger partial charge on any atom is 0.405 e. The highest BCUT2D eigenvalue weighted by atomic mass is 19.4. The van der Waals surface area contributed by atoms with E-state index in [4.69, 9.17) is 5.26 Å². The van der Waals surface area contributed by atoms with Crippen LogP contribution in [-0.4, -0.2) is 19.8 Å². The maximum atomic E-state index is 13.3. The standard InChI is InChI=1S/C10H7F5N2/c1-17(5-10(13,14)15)7-3-2-6(4-16)8(11)9(7)12/h2-3H,5H2,1H3. The normalized spacial score (nSPS) is 11.1. The van der Waals surface area contributed by atoms with Crippen molar-refractivity contribution in [3.05, 3.63) is 29.3 Å². The van der Waals surface area contributed by atoms with Crippen LogP contribution in [0.3, 0.4) is 0 Å². The summed E-state index contributed by atoms with van der Waals surface area (Å²) >= 11 is 0. The Morgan fingerprint density at radius 2 is 1.82 bits per heavy atom. The van der Waals surface area contributed by atoms with Gasteiger partial charge in [-0.15, -0.1) is 0 Å². The van der Waals surface area contributed by atoms with Gasteiger partial charge in [-0.25, -0.2) is 8.78 Å². The van der Waals surface area contributed by atoms with Gasteiger partial charge < -0.3 is 4.90 Å². The topological polar surface area (TPSA) is 27.0 Å². The lowest BCUT2D eigenvalue weighted by Crippen LogP contribution is -2.31. The van der Waals surface area contributed by atoms with Gasteiger partial charge in [0.2, 0.25) is 0 Å². The summed E-state index contributed by atoms with van der Waals surface area (Å²) in [5.74, 6) is -2.91. The predicted molar refractivity (Wildman–Crippen MR) is 50.4 cm³/mol. The van der Waals surface area contributed by atoms with Gasteiger partial charge in [0, 0.05) is 7.05 Å². The number of rotatable bonds is 2. The first-order valence-corrected chi connectivity index (χ1v) is 4.42. The summed E-state index contributed by atoms with van der Waals surface area (Å²) in [5.41, 5.74) is -1.09. The molecule has 0 aliphatic carbocycles. The molecule has 0 saturated carbocycles. The Labute approximate surface area is 93.9 Å². The number of hydrogen-bond donors (Lipinski definition) is 0. The molecule has 1 aromatic carbocycles. The first-order valence-electron chi connectivity index (χ1n) is 4.42. The van der Waals surface area contributed by atoms with Crippen LogP contribution in [0, 0.1) is 23.0 Å². The van der Waals surface area contributed by atoms with E-state index in [9.17, 15) is 22.0 Å². The molecule has 0 fully saturated rings. The molecule has 0 spiro atoms. The van der Waals surface area contributed by atoms with E-state index in [1.165, 1.54) is 6.07 Å². The Kier molecular flexibility index (Phi) is 3.56. The molecule has 0 aliphatic heterocycles. The van der Waals surface area contributed by atoms with Crippen LogP contribution >= 0.6 is 0 Å². The lowest BCUT2D eigenvalue weighted by Gasteiger charge is -2.21. The van der Waals surface area contributed by atoms with E-state index >= 15 is 0 Å². The van der Waals surface area contributed by atoms with Crippen LogP contribution in [0.15, 0.2) is 12.1 Å². The highest BCUT2D eigenvalue weighted by molar-refractivity contribution is 5.51. The first-order chi connectivity index (χ1) is 7.76. The average Bonchev–Trinajstić information content (AvgIpc) is 2.19. The summed E-state index contributed by atoms with van der Waals surface area (Å²) in [5, 5.41) is 8.41. The van der Waals surface area contributed by atoms with Crippen LogP contribution in [0.5, 0.6) is 0 Å². The largest absolute Gasteiger partial charge is 0.405 e. The summed E-state index contributed by atoms with van der Waals surface area (Å²) in [6, 6.07) is 3.26. The van der Waals surface area contributed by atoms with Crippen LogP contribution in [-0.2, 0) is 0 Å². The number of anilines is 1. The fourth-order valence-corrected chi connectivity index (χ4v) is 1.27. The molecule has 0 bridgehead atoms. The van der Waals surface area contributed by atoms with Crippen LogP contribution in [0.2, 0.25) is 0 Å². The van der Waals surface area contributed by atoms with Crippen molar-refractivity contribution < 1.29 is 22.0 Å². The Morgan fingerprint density at radius 3 is 2.29 bits per heavy atom. The molecule has 0 atom stereocenters. The second-order valence-corrected chi connectivity index (χ2v) is 3.34. The molecule has 0 N–H and O–H groups in total. The van der Waals surface area contributed by atoms with Crippen molar-refractivity contribution in [1.82, 2.24) is 0 Å². The van der Waals surface area contributed by atoms with Gasteiger partial charge >= 0.3 is 6.18 Å². The van der Waals surface area contributed by atoms with E-state index in [0.717, 1.165) is 19.2 Å². The van der Waals surface area contributed by atoms with Crippen LogP contribution in [0.1, 0.15) is 5.56 Å². The summed E-state index contributed by atoms with van der Waals surface area (Å²) in [7, 11) is 0.984. The number of hydrogen-bond acceptors (Lipinski definition) is 2. The first kappa shape index (κ1) is 13.2. The fraction of sp³-hybridized carbons (Fsp3) is 0.300. The molecule has 0 heterocycles. The number of halogens is 5. The van der Waals surface area contributed by atoms with Gasteiger partial charge in [-0.1, -0.05) is 0 Å². The lowest BCUT2D eigenvalue weighted by atomic mass is 10.2. The quantitative estimate of drug-likeness (QED) is 0.754. The molecule has 0 aromatic heterocycles. The molecule has 1 rings (SSSR count). The number of nitrogens with zero attached hydrogens (tertiary/aromatic N) is 2. The highest BCUT2D eigenvalue weighted by Gasteiger charge is 2.30. The third-order valence-corrected chi connectivity index (χ3v) is 2.01. The number of alkyl halides is 3. The van der Waals surface area contributed by atoms with Gasteiger partial charge in [-0.2, -0.15) is 18.4 Å². The molecule has 2 nitrogen and oxygen atoms in total. The number of benzene rings is 1. The molecule has 0 saturated heterocycles. The zero-order valence-electron chi connectivity index (χ0n) is 8.65. The van der Waals surface area contributed by atoms with Crippen molar-refractivity contribution in [2.75, 3.05) is 18.5 Å². The minimum Gasteiger partial charge on any atom is -0.363 e. The van der Waals surface area contributed by atoms with E-state index < -0.39 is 35.6 Å².